The smallest absolute Gasteiger partial charge is 0.339 e. The summed E-state index contributed by atoms with van der Waals surface area (Å²) < 4.78 is 32.0. The zero-order chi connectivity index (χ0) is 19.1. The SMILES string of the molecule is C#CCOC(=O)[C@@H]1O[C@@](C)(OC)[C@](C)(OC)O[C@H]1C(=O)OCCC=C. The number of carbonyl (C=O) groups is 2. The van der Waals surface area contributed by atoms with E-state index in [1.807, 2.05) is 0 Å². The van der Waals surface area contributed by atoms with Gasteiger partial charge in [-0.1, -0.05) is 12.0 Å². The molecule has 1 aliphatic heterocycles. The molecule has 140 valence electrons. The zero-order valence-corrected chi connectivity index (χ0v) is 14.9. The van der Waals surface area contributed by atoms with E-state index < -0.39 is 35.7 Å². The number of carbonyl (C=O) groups excluding carboxylic acids is 2. The summed E-state index contributed by atoms with van der Waals surface area (Å²) in [5.41, 5.74) is 0. The van der Waals surface area contributed by atoms with Crippen LogP contribution in [0.1, 0.15) is 20.3 Å². The average Bonchev–Trinajstić information content (AvgIpc) is 2.61. The molecular formula is C17H24O8. The van der Waals surface area contributed by atoms with Crippen molar-refractivity contribution in [2.75, 3.05) is 27.4 Å². The molecule has 0 bridgehead atoms. The molecule has 1 fully saturated rings. The molecule has 8 nitrogen and oxygen atoms in total. The minimum absolute atomic E-state index is 0.0829. The summed E-state index contributed by atoms with van der Waals surface area (Å²) in [5, 5.41) is 0. The first-order valence-electron chi connectivity index (χ1n) is 7.62. The van der Waals surface area contributed by atoms with Crippen LogP contribution in [0.2, 0.25) is 0 Å². The molecule has 0 spiro atoms. The Morgan fingerprint density at radius 3 is 2.00 bits per heavy atom. The molecule has 0 radical (unpaired) electrons. The van der Waals surface area contributed by atoms with E-state index in [2.05, 4.69) is 12.5 Å². The second kappa shape index (κ2) is 8.97. The van der Waals surface area contributed by atoms with E-state index in [1.165, 1.54) is 28.1 Å². The highest BCUT2D eigenvalue weighted by Crippen LogP contribution is 2.39. The van der Waals surface area contributed by atoms with Gasteiger partial charge in [0.15, 0.2) is 18.8 Å². The van der Waals surface area contributed by atoms with Crippen LogP contribution in [0, 0.1) is 12.3 Å². The summed E-state index contributed by atoms with van der Waals surface area (Å²) in [6, 6.07) is 0. The number of methoxy groups -OCH3 is 2. The number of hydrogen-bond acceptors (Lipinski definition) is 8. The lowest BCUT2D eigenvalue weighted by Gasteiger charge is -2.50. The van der Waals surface area contributed by atoms with Crippen molar-refractivity contribution in [2.45, 2.75) is 44.1 Å². The first kappa shape index (κ1) is 21.1. The van der Waals surface area contributed by atoms with Crippen molar-refractivity contribution in [1.82, 2.24) is 0 Å². The fraction of sp³-hybridized carbons (Fsp3) is 0.647. The van der Waals surface area contributed by atoms with Gasteiger partial charge in [-0.05, 0) is 20.3 Å². The number of esters is 2. The number of rotatable bonds is 8. The fourth-order valence-electron chi connectivity index (χ4n) is 2.15. The van der Waals surface area contributed by atoms with E-state index in [1.54, 1.807) is 6.08 Å². The van der Waals surface area contributed by atoms with E-state index >= 15 is 0 Å². The third kappa shape index (κ3) is 4.58. The molecule has 1 heterocycles. The largest absolute Gasteiger partial charge is 0.463 e. The lowest BCUT2D eigenvalue weighted by molar-refractivity contribution is -0.439. The van der Waals surface area contributed by atoms with Crippen molar-refractivity contribution in [3.63, 3.8) is 0 Å². The minimum Gasteiger partial charge on any atom is -0.463 e. The third-order valence-corrected chi connectivity index (χ3v) is 3.91. The second-order valence-electron chi connectivity index (χ2n) is 5.43. The molecule has 1 saturated heterocycles. The van der Waals surface area contributed by atoms with Crippen LogP contribution in [0.15, 0.2) is 12.7 Å². The molecule has 0 aromatic carbocycles. The van der Waals surface area contributed by atoms with Gasteiger partial charge in [0, 0.05) is 14.2 Å². The van der Waals surface area contributed by atoms with Crippen molar-refractivity contribution in [3.8, 4) is 12.3 Å². The van der Waals surface area contributed by atoms with E-state index in [4.69, 9.17) is 34.8 Å². The molecule has 0 N–H and O–H groups in total. The molecule has 0 aromatic heterocycles. The highest BCUT2D eigenvalue weighted by Gasteiger charge is 2.60. The summed E-state index contributed by atoms with van der Waals surface area (Å²) in [4.78, 5) is 24.6. The first-order valence-corrected chi connectivity index (χ1v) is 7.62. The molecule has 0 aliphatic carbocycles. The van der Waals surface area contributed by atoms with E-state index in [-0.39, 0.29) is 13.2 Å². The predicted octanol–water partition coefficient (Wildman–Crippen LogP) is 0.791. The summed E-state index contributed by atoms with van der Waals surface area (Å²) in [6.07, 6.45) is 4.27. The average molecular weight is 356 g/mol. The summed E-state index contributed by atoms with van der Waals surface area (Å²) >= 11 is 0. The molecule has 25 heavy (non-hydrogen) atoms. The Bertz CT molecular complexity index is 539. The van der Waals surface area contributed by atoms with Crippen molar-refractivity contribution >= 4 is 11.9 Å². The van der Waals surface area contributed by atoms with Gasteiger partial charge in [-0.25, -0.2) is 9.59 Å². The minimum atomic E-state index is -1.49. The quantitative estimate of drug-likeness (QED) is 0.273. The summed E-state index contributed by atoms with van der Waals surface area (Å²) in [6.45, 7) is 6.37. The van der Waals surface area contributed by atoms with E-state index in [0.29, 0.717) is 6.42 Å². The van der Waals surface area contributed by atoms with Crippen LogP contribution in [0.3, 0.4) is 0 Å². The normalized spacial score (nSPS) is 31.6. The van der Waals surface area contributed by atoms with Crippen LogP contribution in [0.25, 0.3) is 0 Å². The van der Waals surface area contributed by atoms with Gasteiger partial charge in [0.2, 0.25) is 11.6 Å². The van der Waals surface area contributed by atoms with Gasteiger partial charge in [0.05, 0.1) is 6.61 Å². The molecule has 1 aliphatic rings. The number of terminal acetylenes is 1. The van der Waals surface area contributed by atoms with Gasteiger partial charge < -0.3 is 28.4 Å². The summed E-state index contributed by atoms with van der Waals surface area (Å²) in [7, 11) is 2.71. The Morgan fingerprint density at radius 2 is 1.60 bits per heavy atom. The second-order valence-corrected chi connectivity index (χ2v) is 5.43. The maximum absolute atomic E-state index is 12.4. The summed E-state index contributed by atoms with van der Waals surface area (Å²) in [5.74, 6) is -2.47. The molecule has 8 heteroatoms. The van der Waals surface area contributed by atoms with Crippen molar-refractivity contribution in [2.24, 2.45) is 0 Å². The monoisotopic (exact) mass is 356 g/mol. The maximum atomic E-state index is 12.4. The van der Waals surface area contributed by atoms with Gasteiger partial charge >= 0.3 is 11.9 Å². The Balaban J connectivity index is 3.09. The highest BCUT2D eigenvalue weighted by molar-refractivity contribution is 5.86. The van der Waals surface area contributed by atoms with Gasteiger partial charge in [-0.3, -0.25) is 0 Å². The molecule has 0 aromatic rings. The zero-order valence-electron chi connectivity index (χ0n) is 14.9. The fourth-order valence-corrected chi connectivity index (χ4v) is 2.15. The van der Waals surface area contributed by atoms with Gasteiger partial charge in [0.25, 0.3) is 0 Å². The lowest BCUT2D eigenvalue weighted by Crippen LogP contribution is -2.68. The van der Waals surface area contributed by atoms with Gasteiger partial charge in [0.1, 0.15) is 0 Å². The number of hydrogen-bond donors (Lipinski definition) is 0. The Labute approximate surface area is 147 Å². The van der Waals surface area contributed by atoms with Crippen molar-refractivity contribution < 1.29 is 38.0 Å². The maximum Gasteiger partial charge on any atom is 0.339 e. The molecule has 0 unspecified atom stereocenters. The van der Waals surface area contributed by atoms with Crippen LogP contribution in [0.4, 0.5) is 0 Å². The molecular weight excluding hydrogens is 332 g/mol. The standard InChI is InChI=1S/C17H24O8/c1-7-9-11-23-15(19)13-12(14(18)22-10-8-2)24-16(3,20-5)17(4,21-6)25-13/h2,7,12-13H,1,9-11H2,3-6H3/t12-,13-,16-,17-/m1/s1. The van der Waals surface area contributed by atoms with E-state index in [9.17, 15) is 9.59 Å². The third-order valence-electron chi connectivity index (χ3n) is 3.91. The molecule has 4 atom stereocenters. The Hall–Kier alpha value is -1.92. The first-order chi connectivity index (χ1) is 11.8. The van der Waals surface area contributed by atoms with Crippen LogP contribution < -0.4 is 0 Å². The van der Waals surface area contributed by atoms with Crippen molar-refractivity contribution in [3.05, 3.63) is 12.7 Å². The Morgan fingerprint density at radius 1 is 1.12 bits per heavy atom. The molecule has 1 rings (SSSR count). The lowest BCUT2D eigenvalue weighted by atomic mass is 10.0. The predicted molar refractivity (Wildman–Crippen MR) is 86.1 cm³/mol. The van der Waals surface area contributed by atoms with Crippen LogP contribution >= 0.6 is 0 Å². The van der Waals surface area contributed by atoms with E-state index in [0.717, 1.165) is 0 Å². The van der Waals surface area contributed by atoms with Crippen LogP contribution in [-0.2, 0) is 38.0 Å². The highest BCUT2D eigenvalue weighted by atomic mass is 16.8. The van der Waals surface area contributed by atoms with Crippen LogP contribution in [-0.4, -0.2) is 63.2 Å². The van der Waals surface area contributed by atoms with Crippen molar-refractivity contribution in [1.29, 1.82) is 0 Å². The topological polar surface area (TPSA) is 89.5 Å². The van der Waals surface area contributed by atoms with Gasteiger partial charge in [-0.2, -0.15) is 0 Å². The molecule has 0 saturated carbocycles. The number of ether oxygens (including phenoxy) is 6. The molecule has 0 amide bonds. The van der Waals surface area contributed by atoms with Crippen LogP contribution in [0.5, 0.6) is 0 Å². The van der Waals surface area contributed by atoms with Gasteiger partial charge in [-0.15, -0.1) is 13.0 Å². The Kier molecular flexibility index (Phi) is 7.58.